The molecule has 0 atom stereocenters. The first-order valence-electron chi connectivity index (χ1n) is 8.71. The van der Waals surface area contributed by atoms with Crippen molar-refractivity contribution in [2.75, 3.05) is 29.6 Å². The predicted molar refractivity (Wildman–Crippen MR) is 110 cm³/mol. The molecule has 0 bridgehead atoms. The molecule has 2 N–H and O–H groups in total. The van der Waals surface area contributed by atoms with Crippen LogP contribution in [0.25, 0.3) is 0 Å². The minimum absolute atomic E-state index is 0.0250. The van der Waals surface area contributed by atoms with Crippen LogP contribution in [0.5, 0.6) is 0 Å². The standard InChI is InChI=1S/C21H21N5O2/c1-14(27)15-4-6-17(7-5-15)25-21(28)19-12-20(23-13-22-19)24-16-8-10-18(11-9-16)26(2)3/h4-13H,1-3H3,(H,25,28)(H,22,23,24). The maximum Gasteiger partial charge on any atom is 0.274 e. The third-order valence-corrected chi connectivity index (χ3v) is 4.11. The molecular formula is C21H21N5O2. The van der Waals surface area contributed by atoms with E-state index in [4.69, 9.17) is 0 Å². The highest BCUT2D eigenvalue weighted by Crippen LogP contribution is 2.19. The Morgan fingerprint density at radius 1 is 0.893 bits per heavy atom. The van der Waals surface area contributed by atoms with Gasteiger partial charge in [0, 0.05) is 42.8 Å². The minimum Gasteiger partial charge on any atom is -0.378 e. The SMILES string of the molecule is CC(=O)c1ccc(NC(=O)c2cc(Nc3ccc(N(C)C)cc3)ncn2)cc1. The van der Waals surface area contributed by atoms with Crippen molar-refractivity contribution in [1.29, 1.82) is 0 Å². The van der Waals surface area contributed by atoms with Gasteiger partial charge in [0.15, 0.2) is 5.78 Å². The van der Waals surface area contributed by atoms with Gasteiger partial charge >= 0.3 is 0 Å². The number of carbonyl (C=O) groups excluding carboxylic acids is 2. The van der Waals surface area contributed by atoms with E-state index in [0.717, 1.165) is 11.4 Å². The number of rotatable bonds is 6. The largest absolute Gasteiger partial charge is 0.378 e. The van der Waals surface area contributed by atoms with Gasteiger partial charge in [0.1, 0.15) is 17.8 Å². The van der Waals surface area contributed by atoms with Crippen LogP contribution in [0, 0.1) is 0 Å². The molecule has 0 radical (unpaired) electrons. The summed E-state index contributed by atoms with van der Waals surface area (Å²) in [6.07, 6.45) is 1.34. The maximum atomic E-state index is 12.5. The molecule has 0 aliphatic heterocycles. The molecule has 3 aromatic rings. The first kappa shape index (κ1) is 19.0. The Hall–Kier alpha value is -3.74. The van der Waals surface area contributed by atoms with E-state index in [0.29, 0.717) is 17.1 Å². The Morgan fingerprint density at radius 2 is 1.54 bits per heavy atom. The zero-order valence-corrected chi connectivity index (χ0v) is 15.9. The van der Waals surface area contributed by atoms with E-state index in [9.17, 15) is 9.59 Å². The van der Waals surface area contributed by atoms with Crippen LogP contribution in [0.2, 0.25) is 0 Å². The van der Waals surface area contributed by atoms with Gasteiger partial charge in [-0.3, -0.25) is 9.59 Å². The highest BCUT2D eigenvalue weighted by Gasteiger charge is 2.10. The molecule has 0 spiro atoms. The van der Waals surface area contributed by atoms with Crippen LogP contribution in [0.15, 0.2) is 60.9 Å². The van der Waals surface area contributed by atoms with Crippen molar-refractivity contribution in [3.05, 3.63) is 72.2 Å². The summed E-state index contributed by atoms with van der Waals surface area (Å²) in [6, 6.07) is 16.1. The topological polar surface area (TPSA) is 87.2 Å². The predicted octanol–water partition coefficient (Wildman–Crippen LogP) is 3.74. The van der Waals surface area contributed by atoms with E-state index in [1.54, 1.807) is 30.3 Å². The average Bonchev–Trinajstić information content (AvgIpc) is 2.69. The first-order valence-corrected chi connectivity index (χ1v) is 8.71. The lowest BCUT2D eigenvalue weighted by atomic mass is 10.1. The number of ketones is 1. The van der Waals surface area contributed by atoms with E-state index in [-0.39, 0.29) is 17.4 Å². The van der Waals surface area contributed by atoms with E-state index < -0.39 is 0 Å². The third-order valence-electron chi connectivity index (χ3n) is 4.11. The number of anilines is 4. The van der Waals surface area contributed by atoms with Crippen LogP contribution in [0.1, 0.15) is 27.8 Å². The summed E-state index contributed by atoms with van der Waals surface area (Å²) in [5.74, 6) is 0.136. The molecule has 7 heteroatoms. The molecular weight excluding hydrogens is 354 g/mol. The number of hydrogen-bond acceptors (Lipinski definition) is 6. The fourth-order valence-electron chi connectivity index (χ4n) is 2.52. The number of amides is 1. The molecule has 142 valence electrons. The van der Waals surface area contributed by atoms with Crippen LogP contribution in [-0.4, -0.2) is 35.8 Å². The smallest absolute Gasteiger partial charge is 0.274 e. The van der Waals surface area contributed by atoms with Crippen LogP contribution in [0.3, 0.4) is 0 Å². The van der Waals surface area contributed by atoms with Crippen LogP contribution in [-0.2, 0) is 0 Å². The van der Waals surface area contributed by atoms with Gasteiger partial charge in [-0.1, -0.05) is 0 Å². The minimum atomic E-state index is -0.357. The van der Waals surface area contributed by atoms with Gasteiger partial charge in [0.05, 0.1) is 0 Å². The van der Waals surface area contributed by atoms with Crippen LogP contribution < -0.4 is 15.5 Å². The van der Waals surface area contributed by atoms with Gasteiger partial charge in [0.25, 0.3) is 5.91 Å². The first-order chi connectivity index (χ1) is 13.4. The summed E-state index contributed by atoms with van der Waals surface area (Å²) in [6.45, 7) is 1.50. The summed E-state index contributed by atoms with van der Waals surface area (Å²) < 4.78 is 0. The fourth-order valence-corrected chi connectivity index (χ4v) is 2.52. The summed E-state index contributed by atoms with van der Waals surface area (Å²) >= 11 is 0. The molecule has 1 heterocycles. The number of hydrogen-bond donors (Lipinski definition) is 2. The van der Waals surface area contributed by atoms with Gasteiger partial charge in [-0.2, -0.15) is 0 Å². The number of aromatic nitrogens is 2. The Bertz CT molecular complexity index is 982. The zero-order chi connectivity index (χ0) is 20.1. The highest BCUT2D eigenvalue weighted by molar-refractivity contribution is 6.03. The molecule has 7 nitrogen and oxygen atoms in total. The van der Waals surface area contributed by atoms with Gasteiger partial charge in [-0.05, 0) is 55.5 Å². The monoisotopic (exact) mass is 375 g/mol. The summed E-state index contributed by atoms with van der Waals surface area (Å²) in [5, 5.41) is 5.92. The number of Topliss-reactive ketones (excluding diaryl/α,β-unsaturated/α-hetero) is 1. The van der Waals surface area contributed by atoms with Crippen molar-refractivity contribution in [2.24, 2.45) is 0 Å². The van der Waals surface area contributed by atoms with Gasteiger partial charge in [-0.25, -0.2) is 9.97 Å². The van der Waals surface area contributed by atoms with E-state index >= 15 is 0 Å². The lowest BCUT2D eigenvalue weighted by Crippen LogP contribution is -2.14. The summed E-state index contributed by atoms with van der Waals surface area (Å²) in [5.41, 5.74) is 3.35. The van der Waals surface area contributed by atoms with Gasteiger partial charge < -0.3 is 15.5 Å². The van der Waals surface area contributed by atoms with Crippen molar-refractivity contribution in [2.45, 2.75) is 6.92 Å². The molecule has 0 fully saturated rings. The van der Waals surface area contributed by atoms with Crippen LogP contribution in [0.4, 0.5) is 22.9 Å². The normalized spacial score (nSPS) is 10.2. The molecule has 1 amide bonds. The molecule has 0 aliphatic rings. The van der Waals surface area contributed by atoms with Gasteiger partial charge in [-0.15, -0.1) is 0 Å². The quantitative estimate of drug-likeness (QED) is 0.638. The summed E-state index contributed by atoms with van der Waals surface area (Å²) in [4.78, 5) is 34.0. The molecule has 0 saturated carbocycles. The van der Waals surface area contributed by atoms with E-state index in [1.807, 2.05) is 43.3 Å². The molecule has 0 aliphatic carbocycles. The van der Waals surface area contributed by atoms with Crippen molar-refractivity contribution in [3.63, 3.8) is 0 Å². The number of nitrogens with zero attached hydrogens (tertiary/aromatic N) is 3. The fraction of sp³-hybridized carbons (Fsp3) is 0.143. The van der Waals surface area contributed by atoms with Crippen molar-refractivity contribution in [1.82, 2.24) is 9.97 Å². The van der Waals surface area contributed by atoms with E-state index in [1.165, 1.54) is 13.3 Å². The van der Waals surface area contributed by atoms with Gasteiger partial charge in [0.2, 0.25) is 0 Å². The second-order valence-corrected chi connectivity index (χ2v) is 6.44. The Kier molecular flexibility index (Phi) is 5.64. The Balaban J connectivity index is 1.69. The maximum absolute atomic E-state index is 12.5. The molecule has 0 saturated heterocycles. The zero-order valence-electron chi connectivity index (χ0n) is 15.9. The van der Waals surface area contributed by atoms with Crippen LogP contribution >= 0.6 is 0 Å². The second-order valence-electron chi connectivity index (χ2n) is 6.44. The summed E-state index contributed by atoms with van der Waals surface area (Å²) in [7, 11) is 3.96. The molecule has 1 aromatic heterocycles. The Morgan fingerprint density at radius 3 is 2.14 bits per heavy atom. The van der Waals surface area contributed by atoms with Crippen molar-refractivity contribution in [3.8, 4) is 0 Å². The molecule has 28 heavy (non-hydrogen) atoms. The second kappa shape index (κ2) is 8.30. The highest BCUT2D eigenvalue weighted by atomic mass is 16.2. The molecule has 2 aromatic carbocycles. The van der Waals surface area contributed by atoms with Crippen molar-refractivity contribution < 1.29 is 9.59 Å². The average molecular weight is 375 g/mol. The number of carbonyl (C=O) groups is 2. The molecule has 3 rings (SSSR count). The third kappa shape index (κ3) is 4.70. The lowest BCUT2D eigenvalue weighted by molar-refractivity contribution is 0.101. The number of nitrogens with one attached hydrogen (secondary N) is 2. The van der Waals surface area contributed by atoms with Crippen molar-refractivity contribution >= 4 is 34.6 Å². The van der Waals surface area contributed by atoms with E-state index in [2.05, 4.69) is 20.6 Å². The lowest BCUT2D eigenvalue weighted by Gasteiger charge is -2.13. The Labute approximate surface area is 163 Å². The molecule has 0 unspecified atom stereocenters. The number of benzene rings is 2.